The predicted molar refractivity (Wildman–Crippen MR) is 78.1 cm³/mol. The van der Waals surface area contributed by atoms with Gasteiger partial charge in [0.05, 0.1) is 22.5 Å². The molecule has 0 saturated carbocycles. The van der Waals surface area contributed by atoms with Crippen molar-refractivity contribution >= 4 is 17.3 Å². The third kappa shape index (κ3) is 2.90. The van der Waals surface area contributed by atoms with Crippen LogP contribution in [-0.4, -0.2) is 14.7 Å². The van der Waals surface area contributed by atoms with E-state index >= 15 is 0 Å². The van der Waals surface area contributed by atoms with E-state index in [0.717, 1.165) is 23.0 Å². The molecule has 2 rings (SSSR count). The summed E-state index contributed by atoms with van der Waals surface area (Å²) in [7, 11) is 0. The van der Waals surface area contributed by atoms with Gasteiger partial charge in [0.25, 0.3) is 0 Å². The van der Waals surface area contributed by atoms with Crippen molar-refractivity contribution in [1.29, 1.82) is 0 Å². The summed E-state index contributed by atoms with van der Waals surface area (Å²) in [4.78, 5) is 10.0. The molecule has 0 aliphatic rings. The normalized spacial score (nSPS) is 12.4. The lowest BCUT2D eigenvalue weighted by Crippen LogP contribution is -2.07. The fourth-order valence-corrected chi connectivity index (χ4v) is 2.75. The van der Waals surface area contributed by atoms with Crippen LogP contribution in [-0.2, 0) is 6.54 Å². The number of nitro groups is 1. The van der Waals surface area contributed by atoms with Crippen LogP contribution in [0.15, 0.2) is 18.2 Å². The van der Waals surface area contributed by atoms with Gasteiger partial charge >= 0.3 is 5.69 Å². The molecule has 21 heavy (non-hydrogen) atoms. The zero-order chi connectivity index (χ0) is 15.7. The van der Waals surface area contributed by atoms with Crippen molar-refractivity contribution in [3.8, 4) is 0 Å². The van der Waals surface area contributed by atoms with Crippen LogP contribution < -0.4 is 0 Å². The molecular weight excluding hydrogens is 297 g/mol. The number of rotatable bonds is 4. The van der Waals surface area contributed by atoms with E-state index in [1.807, 2.05) is 20.8 Å². The first kappa shape index (κ1) is 15.4. The Kier molecular flexibility index (Phi) is 4.27. The molecule has 1 atom stereocenters. The van der Waals surface area contributed by atoms with Crippen molar-refractivity contribution in [3.63, 3.8) is 0 Å². The van der Waals surface area contributed by atoms with Crippen molar-refractivity contribution in [2.24, 2.45) is 0 Å². The zero-order valence-corrected chi connectivity index (χ0v) is 12.7. The van der Waals surface area contributed by atoms with Crippen LogP contribution in [0.3, 0.4) is 0 Å². The molecule has 1 aromatic heterocycles. The second-order valence-corrected chi connectivity index (χ2v) is 5.52. The highest BCUT2D eigenvalue weighted by atomic mass is 35.5. The minimum Gasteiger partial charge on any atom is -0.265 e. The summed E-state index contributed by atoms with van der Waals surface area (Å²) >= 11 is 6.11. The van der Waals surface area contributed by atoms with Gasteiger partial charge < -0.3 is 0 Å². The number of alkyl halides is 1. The number of nitro benzene ring substituents is 1. The molecule has 0 amide bonds. The molecule has 1 aromatic carbocycles. The van der Waals surface area contributed by atoms with E-state index in [2.05, 4.69) is 5.10 Å². The van der Waals surface area contributed by atoms with Crippen molar-refractivity contribution in [1.82, 2.24) is 9.78 Å². The Bertz CT molecular complexity index is 698. The number of aryl methyl sites for hydroxylation is 1. The third-order valence-corrected chi connectivity index (χ3v) is 3.63. The molecule has 0 bridgehead atoms. The fraction of sp³-hybridized carbons (Fsp3) is 0.357. The van der Waals surface area contributed by atoms with Gasteiger partial charge in [-0.2, -0.15) is 9.49 Å². The molecule has 1 heterocycles. The summed E-state index contributed by atoms with van der Waals surface area (Å²) in [5.41, 5.74) is 2.22. The number of benzene rings is 1. The molecule has 0 spiro atoms. The van der Waals surface area contributed by atoms with E-state index in [-0.39, 0.29) is 17.5 Å². The first-order valence-corrected chi connectivity index (χ1v) is 6.86. The molecule has 2 aromatic rings. The lowest BCUT2D eigenvalue weighted by Gasteiger charge is -2.08. The summed E-state index contributed by atoms with van der Waals surface area (Å²) in [5, 5.41) is 14.9. The van der Waals surface area contributed by atoms with Crippen LogP contribution in [0, 0.1) is 29.8 Å². The Balaban J connectivity index is 2.42. The maximum atomic E-state index is 14.1. The van der Waals surface area contributed by atoms with Crippen molar-refractivity contribution in [2.45, 2.75) is 32.7 Å². The molecule has 0 aliphatic carbocycles. The summed E-state index contributed by atoms with van der Waals surface area (Å²) in [6.07, 6.45) is 0. The maximum absolute atomic E-state index is 14.1. The van der Waals surface area contributed by atoms with Gasteiger partial charge in [0.2, 0.25) is 5.82 Å². The van der Waals surface area contributed by atoms with Crippen LogP contribution >= 0.6 is 11.6 Å². The van der Waals surface area contributed by atoms with Gasteiger partial charge in [-0.3, -0.25) is 14.8 Å². The Labute approximate surface area is 126 Å². The highest BCUT2D eigenvalue weighted by Crippen LogP contribution is 2.27. The fourth-order valence-electron chi connectivity index (χ4n) is 2.43. The first-order valence-electron chi connectivity index (χ1n) is 6.42. The number of aromatic nitrogens is 2. The molecule has 0 saturated heterocycles. The van der Waals surface area contributed by atoms with Crippen LogP contribution in [0.1, 0.15) is 34.8 Å². The van der Waals surface area contributed by atoms with Crippen molar-refractivity contribution in [2.75, 3.05) is 0 Å². The number of halogens is 2. The largest absolute Gasteiger partial charge is 0.305 e. The van der Waals surface area contributed by atoms with Gasteiger partial charge in [-0.1, -0.05) is 12.1 Å². The van der Waals surface area contributed by atoms with Crippen LogP contribution in [0.2, 0.25) is 0 Å². The first-order chi connectivity index (χ1) is 9.82. The Hall–Kier alpha value is -1.95. The van der Waals surface area contributed by atoms with E-state index in [4.69, 9.17) is 11.6 Å². The molecular formula is C14H15ClFN3O2. The van der Waals surface area contributed by atoms with Crippen molar-refractivity contribution in [3.05, 3.63) is 56.6 Å². The zero-order valence-electron chi connectivity index (χ0n) is 11.9. The second-order valence-electron chi connectivity index (χ2n) is 4.87. The van der Waals surface area contributed by atoms with Gasteiger partial charge in [0.15, 0.2) is 0 Å². The number of hydrogen-bond acceptors (Lipinski definition) is 3. The van der Waals surface area contributed by atoms with Crippen LogP contribution in [0.25, 0.3) is 0 Å². The topological polar surface area (TPSA) is 61.0 Å². The summed E-state index contributed by atoms with van der Waals surface area (Å²) < 4.78 is 15.7. The van der Waals surface area contributed by atoms with Gasteiger partial charge in [-0.05, 0) is 20.8 Å². The molecule has 5 nitrogen and oxygen atoms in total. The lowest BCUT2D eigenvalue weighted by molar-refractivity contribution is -0.387. The Morgan fingerprint density at radius 2 is 2.14 bits per heavy atom. The van der Waals surface area contributed by atoms with E-state index in [1.54, 1.807) is 4.68 Å². The van der Waals surface area contributed by atoms with E-state index in [9.17, 15) is 14.5 Å². The van der Waals surface area contributed by atoms with Gasteiger partial charge in [0, 0.05) is 22.9 Å². The average Bonchev–Trinajstić information content (AvgIpc) is 2.66. The Morgan fingerprint density at radius 3 is 2.67 bits per heavy atom. The summed E-state index contributed by atoms with van der Waals surface area (Å²) in [6, 6.07) is 4.13. The standard InChI is InChI=1S/C14H15ClFN3O2/c1-8(15)13-9(2)17-18(10(13)3)7-11-5-4-6-12(14(11)16)19(20)21/h4-6,8H,7H2,1-3H3. The minimum atomic E-state index is -0.824. The maximum Gasteiger partial charge on any atom is 0.305 e. The highest BCUT2D eigenvalue weighted by molar-refractivity contribution is 6.20. The molecule has 112 valence electrons. The SMILES string of the molecule is Cc1nn(Cc2cccc([N+](=O)[O-])c2F)c(C)c1C(C)Cl. The van der Waals surface area contributed by atoms with Gasteiger partial charge in [0.1, 0.15) is 0 Å². The lowest BCUT2D eigenvalue weighted by atomic mass is 10.1. The van der Waals surface area contributed by atoms with Crippen molar-refractivity contribution < 1.29 is 9.31 Å². The van der Waals surface area contributed by atoms with Gasteiger partial charge in [-0.15, -0.1) is 11.6 Å². The van der Waals surface area contributed by atoms with E-state index < -0.39 is 16.4 Å². The molecule has 1 unspecified atom stereocenters. The summed E-state index contributed by atoms with van der Waals surface area (Å²) in [6.45, 7) is 5.66. The molecule has 0 aliphatic heterocycles. The number of nitrogens with zero attached hydrogens (tertiary/aromatic N) is 3. The van der Waals surface area contributed by atoms with Crippen LogP contribution in [0.5, 0.6) is 0 Å². The quantitative estimate of drug-likeness (QED) is 0.489. The van der Waals surface area contributed by atoms with Gasteiger partial charge in [-0.25, -0.2) is 0 Å². The average molecular weight is 312 g/mol. The smallest absolute Gasteiger partial charge is 0.265 e. The second kappa shape index (κ2) is 5.81. The number of hydrogen-bond donors (Lipinski definition) is 0. The molecule has 0 N–H and O–H groups in total. The molecule has 0 radical (unpaired) electrons. The highest BCUT2D eigenvalue weighted by Gasteiger charge is 2.20. The molecule has 0 fully saturated rings. The van der Waals surface area contributed by atoms with E-state index in [1.165, 1.54) is 12.1 Å². The predicted octanol–water partition coefficient (Wildman–Crippen LogP) is 3.90. The van der Waals surface area contributed by atoms with E-state index in [0.29, 0.717) is 0 Å². The van der Waals surface area contributed by atoms with Crippen LogP contribution in [0.4, 0.5) is 10.1 Å². The monoisotopic (exact) mass is 311 g/mol. The third-order valence-electron chi connectivity index (χ3n) is 3.41. The Morgan fingerprint density at radius 1 is 1.48 bits per heavy atom. The minimum absolute atomic E-state index is 0.129. The summed E-state index contributed by atoms with van der Waals surface area (Å²) in [5.74, 6) is -0.824. The molecule has 7 heteroatoms.